The number of rotatable bonds is 8. The first-order valence-electron chi connectivity index (χ1n) is 7.62. The Kier molecular flexibility index (Phi) is 5.91. The van der Waals surface area contributed by atoms with Crippen molar-refractivity contribution in [1.29, 1.82) is 0 Å². The number of halogens is 1. The minimum Gasteiger partial charge on any atom is -0.493 e. The summed E-state index contributed by atoms with van der Waals surface area (Å²) in [5.41, 5.74) is 6.17. The number of hydrogen-bond acceptors (Lipinski definition) is 4. The molecule has 1 unspecified atom stereocenters. The van der Waals surface area contributed by atoms with Gasteiger partial charge in [0.2, 0.25) is 0 Å². The third-order valence-electron chi connectivity index (χ3n) is 3.70. The number of methoxy groups -OCH3 is 1. The quantitative estimate of drug-likeness (QED) is 0.770. The van der Waals surface area contributed by atoms with E-state index in [4.69, 9.17) is 26.8 Å². The summed E-state index contributed by atoms with van der Waals surface area (Å²) in [6.07, 6.45) is 3.10. The standard InChI is InChI=1S/C16H23ClN2O3/c1-3-6-22-15-12(17)7-11(8-14(15)21-2)16(20)19-13(9-18)10-4-5-10/h7-8,10,13H,3-6,9,18H2,1-2H3,(H,19,20). The lowest BCUT2D eigenvalue weighted by molar-refractivity contribution is 0.0933. The maximum atomic E-state index is 12.4. The third-order valence-corrected chi connectivity index (χ3v) is 3.98. The van der Waals surface area contributed by atoms with Gasteiger partial charge in [0.1, 0.15) is 0 Å². The van der Waals surface area contributed by atoms with Crippen molar-refractivity contribution in [2.75, 3.05) is 20.3 Å². The second kappa shape index (κ2) is 7.70. The van der Waals surface area contributed by atoms with Gasteiger partial charge in [-0.15, -0.1) is 0 Å². The molecular weight excluding hydrogens is 304 g/mol. The van der Waals surface area contributed by atoms with Gasteiger partial charge in [0.25, 0.3) is 5.91 Å². The zero-order valence-electron chi connectivity index (χ0n) is 13.0. The maximum Gasteiger partial charge on any atom is 0.251 e. The molecule has 1 atom stereocenters. The van der Waals surface area contributed by atoms with Crippen molar-refractivity contribution < 1.29 is 14.3 Å². The summed E-state index contributed by atoms with van der Waals surface area (Å²) in [4.78, 5) is 12.4. The molecular formula is C16H23ClN2O3. The number of amides is 1. The number of ether oxygens (including phenoxy) is 2. The summed E-state index contributed by atoms with van der Waals surface area (Å²) in [5.74, 6) is 1.24. The number of carbonyl (C=O) groups excluding carboxylic acids is 1. The Morgan fingerprint density at radius 2 is 2.23 bits per heavy atom. The Balaban J connectivity index is 2.16. The molecule has 0 aliphatic heterocycles. The van der Waals surface area contributed by atoms with E-state index in [1.165, 1.54) is 7.11 Å². The molecule has 0 spiro atoms. The van der Waals surface area contributed by atoms with E-state index in [2.05, 4.69) is 5.32 Å². The first-order chi connectivity index (χ1) is 10.6. The van der Waals surface area contributed by atoms with E-state index in [1.807, 2.05) is 6.92 Å². The highest BCUT2D eigenvalue weighted by atomic mass is 35.5. The molecule has 1 aliphatic rings. The van der Waals surface area contributed by atoms with Crippen LogP contribution in [0.5, 0.6) is 11.5 Å². The average Bonchev–Trinajstić information content (AvgIpc) is 3.35. The molecule has 6 heteroatoms. The SMILES string of the molecule is CCCOc1c(Cl)cc(C(=O)NC(CN)C2CC2)cc1OC. The van der Waals surface area contributed by atoms with Crippen LogP contribution in [0.25, 0.3) is 0 Å². The Bertz CT molecular complexity index is 532. The summed E-state index contributed by atoms with van der Waals surface area (Å²) >= 11 is 6.23. The van der Waals surface area contributed by atoms with Crippen LogP contribution in [0, 0.1) is 5.92 Å². The molecule has 1 aromatic carbocycles. The highest BCUT2D eigenvalue weighted by Crippen LogP contribution is 2.37. The predicted molar refractivity (Wildman–Crippen MR) is 86.8 cm³/mol. The molecule has 1 aromatic rings. The largest absolute Gasteiger partial charge is 0.493 e. The van der Waals surface area contributed by atoms with Crippen LogP contribution in [0.3, 0.4) is 0 Å². The Hall–Kier alpha value is -1.46. The summed E-state index contributed by atoms with van der Waals surface area (Å²) in [6.45, 7) is 2.99. The molecule has 1 fully saturated rings. The second-order valence-corrected chi connectivity index (χ2v) is 5.90. The van der Waals surface area contributed by atoms with Crippen LogP contribution in [0.2, 0.25) is 5.02 Å². The highest BCUT2D eigenvalue weighted by molar-refractivity contribution is 6.32. The smallest absolute Gasteiger partial charge is 0.251 e. The van der Waals surface area contributed by atoms with Crippen molar-refractivity contribution in [3.05, 3.63) is 22.7 Å². The van der Waals surface area contributed by atoms with Crippen LogP contribution in [-0.2, 0) is 0 Å². The highest BCUT2D eigenvalue weighted by Gasteiger charge is 2.31. The van der Waals surface area contributed by atoms with Gasteiger partial charge in [-0.3, -0.25) is 4.79 Å². The fraction of sp³-hybridized carbons (Fsp3) is 0.562. The van der Waals surface area contributed by atoms with Crippen LogP contribution < -0.4 is 20.5 Å². The normalized spacial score (nSPS) is 15.3. The fourth-order valence-corrected chi connectivity index (χ4v) is 2.58. The molecule has 5 nitrogen and oxygen atoms in total. The van der Waals surface area contributed by atoms with E-state index in [1.54, 1.807) is 12.1 Å². The molecule has 122 valence electrons. The van der Waals surface area contributed by atoms with E-state index in [0.29, 0.717) is 41.2 Å². The summed E-state index contributed by atoms with van der Waals surface area (Å²) in [5, 5.41) is 3.34. The van der Waals surface area contributed by atoms with Gasteiger partial charge in [-0.1, -0.05) is 18.5 Å². The van der Waals surface area contributed by atoms with Crippen molar-refractivity contribution in [3.8, 4) is 11.5 Å². The number of hydrogen-bond donors (Lipinski definition) is 2. The molecule has 1 amide bonds. The Labute approximate surface area is 136 Å². The van der Waals surface area contributed by atoms with E-state index in [9.17, 15) is 4.79 Å². The Morgan fingerprint density at radius 3 is 2.77 bits per heavy atom. The van der Waals surface area contributed by atoms with E-state index >= 15 is 0 Å². The van der Waals surface area contributed by atoms with Crippen LogP contribution in [0.1, 0.15) is 36.5 Å². The van der Waals surface area contributed by atoms with Crippen LogP contribution in [-0.4, -0.2) is 32.2 Å². The zero-order chi connectivity index (χ0) is 16.1. The number of benzene rings is 1. The number of carbonyl (C=O) groups is 1. The lowest BCUT2D eigenvalue weighted by Crippen LogP contribution is -2.41. The molecule has 0 aromatic heterocycles. The van der Waals surface area contributed by atoms with Gasteiger partial charge in [0.05, 0.1) is 18.7 Å². The van der Waals surface area contributed by atoms with Gasteiger partial charge in [-0.05, 0) is 37.3 Å². The van der Waals surface area contributed by atoms with Crippen molar-refractivity contribution in [1.82, 2.24) is 5.32 Å². The van der Waals surface area contributed by atoms with Gasteiger partial charge < -0.3 is 20.5 Å². The average molecular weight is 327 g/mol. The minimum atomic E-state index is -0.190. The monoisotopic (exact) mass is 326 g/mol. The first kappa shape index (κ1) is 16.9. The van der Waals surface area contributed by atoms with Crippen LogP contribution >= 0.6 is 11.6 Å². The second-order valence-electron chi connectivity index (χ2n) is 5.49. The van der Waals surface area contributed by atoms with E-state index < -0.39 is 0 Å². The molecule has 2 rings (SSSR count). The zero-order valence-corrected chi connectivity index (χ0v) is 13.8. The molecule has 1 saturated carbocycles. The fourth-order valence-electron chi connectivity index (χ4n) is 2.31. The molecule has 3 N–H and O–H groups in total. The van der Waals surface area contributed by atoms with Crippen molar-refractivity contribution >= 4 is 17.5 Å². The minimum absolute atomic E-state index is 0.0216. The molecule has 1 aliphatic carbocycles. The molecule has 22 heavy (non-hydrogen) atoms. The van der Waals surface area contributed by atoms with Gasteiger partial charge in [-0.2, -0.15) is 0 Å². The van der Waals surface area contributed by atoms with E-state index in [-0.39, 0.29) is 11.9 Å². The summed E-state index contributed by atoms with van der Waals surface area (Å²) in [7, 11) is 1.53. The van der Waals surface area contributed by atoms with Gasteiger partial charge in [0.15, 0.2) is 11.5 Å². The summed E-state index contributed by atoms with van der Waals surface area (Å²) < 4.78 is 10.9. The lowest BCUT2D eigenvalue weighted by atomic mass is 10.1. The summed E-state index contributed by atoms with van der Waals surface area (Å²) in [6, 6.07) is 3.27. The van der Waals surface area contributed by atoms with Crippen LogP contribution in [0.4, 0.5) is 0 Å². The maximum absolute atomic E-state index is 12.4. The van der Waals surface area contributed by atoms with Gasteiger partial charge in [0, 0.05) is 18.2 Å². The molecule has 0 heterocycles. The van der Waals surface area contributed by atoms with Gasteiger partial charge >= 0.3 is 0 Å². The van der Waals surface area contributed by atoms with Crippen molar-refractivity contribution in [2.24, 2.45) is 11.7 Å². The lowest BCUT2D eigenvalue weighted by Gasteiger charge is -2.17. The topological polar surface area (TPSA) is 73.6 Å². The van der Waals surface area contributed by atoms with E-state index in [0.717, 1.165) is 19.3 Å². The van der Waals surface area contributed by atoms with Crippen molar-refractivity contribution in [3.63, 3.8) is 0 Å². The van der Waals surface area contributed by atoms with Crippen LogP contribution in [0.15, 0.2) is 12.1 Å². The molecule has 0 saturated heterocycles. The van der Waals surface area contributed by atoms with Gasteiger partial charge in [-0.25, -0.2) is 0 Å². The molecule has 0 bridgehead atoms. The Morgan fingerprint density at radius 1 is 1.50 bits per heavy atom. The molecule has 0 radical (unpaired) electrons. The predicted octanol–water partition coefficient (Wildman–Crippen LogP) is 2.60. The number of nitrogens with one attached hydrogen (secondary N) is 1. The third kappa shape index (κ3) is 4.05. The first-order valence-corrected chi connectivity index (χ1v) is 7.99. The number of nitrogens with two attached hydrogens (primary N) is 1. The van der Waals surface area contributed by atoms with Crippen molar-refractivity contribution in [2.45, 2.75) is 32.2 Å².